The Morgan fingerprint density at radius 2 is 0.984 bits per heavy atom. The Morgan fingerprint density at radius 1 is 0.516 bits per heavy atom. The predicted molar refractivity (Wildman–Crippen MR) is 257 cm³/mol. The van der Waals surface area contributed by atoms with Crippen LogP contribution in [0.5, 0.6) is 0 Å². The van der Waals surface area contributed by atoms with E-state index in [2.05, 4.69) is 47.2 Å². The Hall–Kier alpha value is -2.70. The average Bonchev–Trinajstić information content (AvgIpc) is 3.93. The fourth-order valence-corrected chi connectivity index (χ4v) is 12.8. The standard InChI is InChI=1S/C22H23Cl2N3O2S2.C20H17Cl4N3O2S2/c1-15-3-4-16(2)17(11-15)12-18-14-30-22(25-18)26-7-9-27(10-8-26)31(28,29)19-5-6-20(23)21(24)13-19;21-14-2-1-13(18(23)10-14)9-15-12-30-20(25-15)26-5-7-27(8-6-26)31(28,29)16-3-4-17(22)19(24)11-16/h3-6,11,13-14H,7-10,12H2,1-2H3;1-4,10-12H,5-9H2. The molecule has 2 saturated heterocycles. The van der Waals surface area contributed by atoms with Gasteiger partial charge in [0, 0.05) is 86.0 Å². The van der Waals surface area contributed by atoms with Crippen molar-refractivity contribution in [2.75, 3.05) is 62.2 Å². The first-order valence-electron chi connectivity index (χ1n) is 19.3. The SMILES string of the molecule is Cc1ccc(C)c(Cc2csc(N3CCN(S(=O)(=O)c4ccc(Cl)c(Cl)c4)CC3)n2)c1.O=S(=O)(c1ccc(Cl)c(Cl)c1)N1CCN(c2nc(Cc3ccc(Cl)cc3Cl)cs2)CC1. The van der Waals surface area contributed by atoms with Crippen LogP contribution < -0.4 is 9.80 Å². The molecule has 4 heterocycles. The molecule has 0 aliphatic carbocycles. The zero-order chi connectivity index (χ0) is 44.3. The molecule has 6 aromatic rings. The van der Waals surface area contributed by atoms with E-state index in [0.717, 1.165) is 33.6 Å². The second-order valence-corrected chi connectivity index (χ2v) is 22.7. The molecule has 8 rings (SSSR count). The minimum Gasteiger partial charge on any atom is -0.345 e. The molecule has 0 saturated carbocycles. The minimum absolute atomic E-state index is 0.145. The first-order chi connectivity index (χ1) is 29.5. The van der Waals surface area contributed by atoms with Gasteiger partial charge in [0.15, 0.2) is 10.3 Å². The van der Waals surface area contributed by atoms with Gasteiger partial charge in [0.1, 0.15) is 0 Å². The summed E-state index contributed by atoms with van der Waals surface area (Å²) in [7, 11) is -7.23. The highest BCUT2D eigenvalue weighted by atomic mass is 35.5. The number of piperazine rings is 2. The zero-order valence-electron chi connectivity index (χ0n) is 33.4. The molecule has 0 unspecified atom stereocenters. The maximum atomic E-state index is 13.0. The van der Waals surface area contributed by atoms with Crippen molar-refractivity contribution in [2.45, 2.75) is 36.5 Å². The molecule has 2 aliphatic heterocycles. The molecule has 328 valence electrons. The van der Waals surface area contributed by atoms with Crippen molar-refractivity contribution in [1.82, 2.24) is 18.6 Å². The smallest absolute Gasteiger partial charge is 0.243 e. The molecule has 2 aliphatic rings. The highest BCUT2D eigenvalue weighted by Gasteiger charge is 2.31. The Kier molecular flexibility index (Phi) is 15.4. The van der Waals surface area contributed by atoms with Gasteiger partial charge in [-0.1, -0.05) is 99.4 Å². The summed E-state index contributed by atoms with van der Waals surface area (Å²) in [4.78, 5) is 14.1. The van der Waals surface area contributed by atoms with Gasteiger partial charge in [-0.05, 0) is 79.1 Å². The molecule has 4 aromatic carbocycles. The van der Waals surface area contributed by atoms with E-state index in [1.807, 2.05) is 17.5 Å². The Bertz CT molecular complexity index is 2790. The maximum Gasteiger partial charge on any atom is 0.243 e. The summed E-state index contributed by atoms with van der Waals surface area (Å²) in [6, 6.07) is 20.7. The van der Waals surface area contributed by atoms with Gasteiger partial charge in [-0.3, -0.25) is 0 Å². The van der Waals surface area contributed by atoms with Gasteiger partial charge in [0.05, 0.1) is 41.3 Å². The molecule has 2 fully saturated rings. The first-order valence-corrected chi connectivity index (χ1v) is 26.2. The van der Waals surface area contributed by atoms with Crippen LogP contribution in [0, 0.1) is 13.8 Å². The van der Waals surface area contributed by atoms with Crippen molar-refractivity contribution in [3.05, 3.63) is 147 Å². The summed E-state index contributed by atoms with van der Waals surface area (Å²) in [6.07, 6.45) is 1.41. The highest BCUT2D eigenvalue weighted by Crippen LogP contribution is 2.32. The number of thiazole rings is 2. The predicted octanol–water partition coefficient (Wildman–Crippen LogP) is 11.0. The Morgan fingerprint density at radius 3 is 1.44 bits per heavy atom. The van der Waals surface area contributed by atoms with Crippen molar-refractivity contribution in [2.24, 2.45) is 0 Å². The number of nitrogens with zero attached hydrogens (tertiary/aromatic N) is 6. The summed E-state index contributed by atoms with van der Waals surface area (Å²) < 4.78 is 54.7. The molecular formula is C42H40Cl6N6O4S4. The summed E-state index contributed by atoms with van der Waals surface area (Å²) >= 11 is 39.2. The lowest BCUT2D eigenvalue weighted by molar-refractivity contribution is 0.384. The van der Waals surface area contributed by atoms with Gasteiger partial charge < -0.3 is 9.80 Å². The molecule has 2 aromatic heterocycles. The third-order valence-corrected chi connectivity index (χ3v) is 18.2. The van der Waals surface area contributed by atoms with Crippen molar-refractivity contribution < 1.29 is 16.8 Å². The minimum atomic E-state index is -3.63. The Labute approximate surface area is 400 Å². The monoisotopic (exact) mass is 1030 g/mol. The summed E-state index contributed by atoms with van der Waals surface area (Å²) in [5.74, 6) is 0. The number of halogens is 6. The molecule has 0 spiro atoms. The van der Waals surface area contributed by atoms with Crippen LogP contribution in [0.2, 0.25) is 30.1 Å². The van der Waals surface area contributed by atoms with Crippen LogP contribution in [0.4, 0.5) is 10.3 Å². The van der Waals surface area contributed by atoms with Crippen LogP contribution in [0.25, 0.3) is 0 Å². The fourth-order valence-electron chi connectivity index (χ4n) is 6.90. The van der Waals surface area contributed by atoms with Gasteiger partial charge in [-0.25, -0.2) is 26.8 Å². The summed E-state index contributed by atoms with van der Waals surface area (Å²) in [6.45, 7) is 8.03. The molecule has 10 nitrogen and oxygen atoms in total. The van der Waals surface area contributed by atoms with Crippen molar-refractivity contribution in [3.63, 3.8) is 0 Å². The van der Waals surface area contributed by atoms with E-state index < -0.39 is 20.0 Å². The third kappa shape index (κ3) is 11.2. The van der Waals surface area contributed by atoms with E-state index in [1.165, 1.54) is 73.0 Å². The summed E-state index contributed by atoms with van der Waals surface area (Å²) in [5.41, 5.74) is 6.71. The third-order valence-electron chi connectivity index (χ3n) is 10.4. The number of rotatable bonds is 10. The lowest BCUT2D eigenvalue weighted by Gasteiger charge is -2.33. The van der Waals surface area contributed by atoms with Gasteiger partial charge >= 0.3 is 0 Å². The maximum absolute atomic E-state index is 13.0. The molecule has 0 N–H and O–H groups in total. The zero-order valence-corrected chi connectivity index (χ0v) is 41.2. The number of benzene rings is 4. The molecule has 0 amide bonds. The van der Waals surface area contributed by atoms with Crippen LogP contribution in [-0.4, -0.2) is 87.8 Å². The van der Waals surface area contributed by atoms with Crippen molar-refractivity contribution in [3.8, 4) is 0 Å². The second-order valence-electron chi connectivity index (χ2n) is 14.7. The van der Waals surface area contributed by atoms with E-state index >= 15 is 0 Å². The van der Waals surface area contributed by atoms with Gasteiger partial charge in [-0.15, -0.1) is 22.7 Å². The highest BCUT2D eigenvalue weighted by molar-refractivity contribution is 7.89. The molecule has 62 heavy (non-hydrogen) atoms. The molecule has 0 atom stereocenters. The van der Waals surface area contributed by atoms with Crippen LogP contribution >= 0.6 is 92.3 Å². The van der Waals surface area contributed by atoms with Crippen LogP contribution in [0.15, 0.2) is 93.3 Å². The van der Waals surface area contributed by atoms with Crippen molar-refractivity contribution in [1.29, 1.82) is 0 Å². The quantitative estimate of drug-likeness (QED) is 0.134. The number of hydrogen-bond acceptors (Lipinski definition) is 10. The molecule has 20 heteroatoms. The first kappa shape index (κ1) is 47.3. The van der Waals surface area contributed by atoms with Gasteiger partial charge in [0.2, 0.25) is 20.0 Å². The van der Waals surface area contributed by atoms with Crippen LogP contribution in [0.1, 0.15) is 33.6 Å². The molecule has 0 radical (unpaired) electrons. The normalized spacial score (nSPS) is 15.4. The van der Waals surface area contributed by atoms with E-state index in [0.29, 0.717) is 78.9 Å². The number of hydrogen-bond donors (Lipinski definition) is 0. The Balaban J connectivity index is 0.000000186. The van der Waals surface area contributed by atoms with E-state index in [4.69, 9.17) is 79.6 Å². The molecule has 0 bridgehead atoms. The van der Waals surface area contributed by atoms with Gasteiger partial charge in [0.25, 0.3) is 0 Å². The van der Waals surface area contributed by atoms with E-state index in [1.54, 1.807) is 17.4 Å². The van der Waals surface area contributed by atoms with Crippen molar-refractivity contribution >= 4 is 123 Å². The van der Waals surface area contributed by atoms with E-state index in [9.17, 15) is 16.8 Å². The number of anilines is 2. The van der Waals surface area contributed by atoms with E-state index in [-0.39, 0.29) is 19.8 Å². The number of sulfonamides is 2. The topological polar surface area (TPSA) is 107 Å². The second kappa shape index (κ2) is 20.2. The van der Waals surface area contributed by atoms with Crippen LogP contribution in [0.3, 0.4) is 0 Å². The lowest BCUT2D eigenvalue weighted by Crippen LogP contribution is -2.48. The molecular weight excluding hydrogens is 993 g/mol. The largest absolute Gasteiger partial charge is 0.345 e. The van der Waals surface area contributed by atoms with Crippen LogP contribution in [-0.2, 0) is 32.9 Å². The number of aryl methyl sites for hydroxylation is 2. The summed E-state index contributed by atoms with van der Waals surface area (Å²) in [5, 5.41) is 8.23. The van der Waals surface area contributed by atoms with Gasteiger partial charge in [-0.2, -0.15) is 8.61 Å². The average molecular weight is 1030 g/mol. The lowest BCUT2D eigenvalue weighted by atomic mass is 10.0. The fraction of sp³-hybridized carbons (Fsp3) is 0.286. The number of aromatic nitrogens is 2.